The van der Waals surface area contributed by atoms with Gasteiger partial charge in [0.25, 0.3) is 6.33 Å². The van der Waals surface area contributed by atoms with Gasteiger partial charge < -0.3 is 123 Å². The molecule has 0 fully saturated rings. The van der Waals surface area contributed by atoms with Crippen molar-refractivity contribution >= 4 is 88.1 Å². The van der Waals surface area contributed by atoms with E-state index in [0.29, 0.717) is 44.0 Å². The number of nitrogens with one attached hydrogen (secondary N) is 4. The Hall–Kier alpha value is -11.7. The summed E-state index contributed by atoms with van der Waals surface area (Å²) < 4.78 is 32.3. The number of nitrogens with two attached hydrogens (primary N) is 2. The second-order valence-electron chi connectivity index (χ2n) is 29.6. The van der Waals surface area contributed by atoms with Gasteiger partial charge in [-0.15, -0.1) is 0 Å². The van der Waals surface area contributed by atoms with Crippen LogP contribution in [0.3, 0.4) is 0 Å². The summed E-state index contributed by atoms with van der Waals surface area (Å²) in [7, 11) is 18.4. The summed E-state index contributed by atoms with van der Waals surface area (Å²) in [4.78, 5) is 147. The van der Waals surface area contributed by atoms with Crippen molar-refractivity contribution in [2.75, 3.05) is 82.6 Å². The number of phenolic OH excluding ortho intramolecular Hbond substituents is 1. The number of rotatable bonds is 22. The average Bonchev–Trinajstić information content (AvgIpc) is 1.81. The van der Waals surface area contributed by atoms with E-state index in [1.165, 1.54) is 56.1 Å². The van der Waals surface area contributed by atoms with Crippen molar-refractivity contribution in [1.29, 1.82) is 0 Å². The second-order valence-corrected chi connectivity index (χ2v) is 29.6. The molecule has 8 aromatic rings. The topological polar surface area (TPSA) is 595 Å². The Morgan fingerprint density at radius 3 is 1.01 bits per heavy atom. The zero-order valence-corrected chi connectivity index (χ0v) is 82.6. The molecule has 2 aromatic heterocycles. The number of imidazole rings is 2. The number of halogens is 1. The molecule has 6 aromatic carbocycles. The summed E-state index contributed by atoms with van der Waals surface area (Å²) in [5.41, 5.74) is 14.9. The molecule has 0 saturated carbocycles. The van der Waals surface area contributed by atoms with Crippen LogP contribution in [0, 0.1) is 44.2 Å². The van der Waals surface area contributed by atoms with E-state index in [1.54, 1.807) is 235 Å². The Bertz CT molecular complexity index is 4610. The summed E-state index contributed by atoms with van der Waals surface area (Å²) in [5, 5.41) is 75.8. The van der Waals surface area contributed by atoms with E-state index in [0.717, 1.165) is 35.0 Å². The number of nitro groups is 3. The first-order valence-corrected chi connectivity index (χ1v) is 39.4. The Morgan fingerprint density at radius 1 is 0.445 bits per heavy atom. The first-order chi connectivity index (χ1) is 58.1. The molecule has 2 heterocycles. The smallest absolute Gasteiger partial charge is 1.00 e. The first kappa shape index (κ1) is 123. The quantitative estimate of drug-likeness (QED) is 0.0106. The number of benzene rings is 6. The van der Waals surface area contributed by atoms with Crippen molar-refractivity contribution in [1.82, 2.24) is 55.2 Å². The number of aryl methyl sites for hydroxylation is 2. The molecule has 0 unspecified atom stereocenters. The zero-order chi connectivity index (χ0) is 96.1. The molecule has 694 valence electrons. The predicted octanol–water partition coefficient (Wildman–Crippen LogP) is 5.04. The molecule has 6 atom stereocenters. The van der Waals surface area contributed by atoms with E-state index in [2.05, 4.69) is 53.8 Å². The summed E-state index contributed by atoms with van der Waals surface area (Å²) in [6.45, 7) is 19.3. The second kappa shape index (κ2) is 60.9. The number of carbonyl (C=O) groups is 9. The molecule has 0 saturated heterocycles. The molecule has 6 amide bonds. The van der Waals surface area contributed by atoms with Crippen LogP contribution in [-0.2, 0) is 43.0 Å². The largest absolute Gasteiger partial charge is 1.00 e. The summed E-state index contributed by atoms with van der Waals surface area (Å²) in [5.74, 6) is -2.63. The van der Waals surface area contributed by atoms with Crippen molar-refractivity contribution < 1.29 is 173 Å². The van der Waals surface area contributed by atoms with Gasteiger partial charge in [0, 0.05) is 42.3 Å². The number of aliphatic carboxylic acids is 3. The molecule has 0 bridgehead atoms. The molecule has 0 radical (unpaired) electrons. The standard InChI is InChI=1S/C16H24N2O4.C14H16N4O4.C14H19NO4.C13H17NO5.C11H16N2O2.C9H11NO2.C3H2N4O4.C2H7N.CH3I.2Na.H2O.H/c1-16(2,3)22-15(20)17-13(14(19)18(4)5)11-7-9-12(21-6)10-8-11;1-16(2)14(19)13(10-4-6-11(22-3)7-5-10)17-8-12(15-9-17)18(20)21;1-9-5-7-10(8-6-9)11(12(16)17)15-13(18)19-14(2,3)4;1-13(2,3)19-12(18)14-10(11(16)17)8-4-6-9(15)7-5-8;1-13(2)11(14)10(12)8-4-6-9(15-3)7-5-8;1-6-2-4-7(5-3-6)8(10)9(11)12;8-6(9)3-1-5(2-4-3)7(10)11;1-3-2;1-2;;;;/h7-10,13H,1-6H3,(H,17,20);4-9,13H,1-3H3;5-8,11H,1-4H3,(H,15,18)(H,16,17);4-7,10,15H,1-3H3,(H,14,18)(H,16,17);4-7,10H,12H2,1-3H3;2-5,8H,10H2,1H3,(H,11,12);1-2H;3H,1-2H3;1H3;;;1H2;/q;;;;;;;;;2*+1;;-1/p-1/t2*13-;11-;2*10-;8-;;;;;;;/m111111......./s1. The molecular formula is C83H117IN16Na2O26. The Kier molecular flexibility index (Phi) is 58.4. The molecule has 42 nitrogen and oxygen atoms in total. The number of alkyl carbamates (subject to hydrolysis) is 3. The summed E-state index contributed by atoms with van der Waals surface area (Å²) in [6, 6.07) is 35.3. The normalized spacial score (nSPS) is 11.5. The van der Waals surface area contributed by atoms with E-state index in [1.807, 2.05) is 45.0 Å². The number of hydrogen-bond acceptors (Lipinski definition) is 28. The molecule has 45 heteroatoms. The van der Waals surface area contributed by atoms with Crippen LogP contribution in [0.5, 0.6) is 23.0 Å². The number of amides is 6. The van der Waals surface area contributed by atoms with E-state index in [-0.39, 0.29) is 95.3 Å². The minimum absolute atomic E-state index is 0. The van der Waals surface area contributed by atoms with E-state index in [4.69, 9.17) is 55.2 Å². The van der Waals surface area contributed by atoms with Crippen LogP contribution in [-0.4, -0.2) is 228 Å². The Labute approximate surface area is 802 Å². The van der Waals surface area contributed by atoms with Gasteiger partial charge in [-0.3, -0.25) is 23.7 Å². The van der Waals surface area contributed by atoms with Gasteiger partial charge in [-0.2, -0.15) is 0 Å². The van der Waals surface area contributed by atoms with Gasteiger partial charge in [-0.1, -0.05) is 131 Å². The summed E-state index contributed by atoms with van der Waals surface area (Å²) in [6.07, 6.45) is 1.82. The minimum Gasteiger partial charge on any atom is -1.00 e. The van der Waals surface area contributed by atoms with Crippen molar-refractivity contribution in [3.05, 3.63) is 245 Å². The van der Waals surface area contributed by atoms with Crippen LogP contribution >= 0.6 is 22.6 Å². The van der Waals surface area contributed by atoms with Crippen molar-refractivity contribution in [3.8, 4) is 23.0 Å². The maximum absolute atomic E-state index is 12.5. The molecule has 8 rings (SSSR count). The third-order valence-corrected chi connectivity index (χ3v) is 15.2. The Balaban J connectivity index is -0.000000462. The number of aromatic hydroxyl groups is 1. The molecule has 0 spiro atoms. The van der Waals surface area contributed by atoms with Gasteiger partial charge >= 0.3 is 107 Å². The van der Waals surface area contributed by atoms with Crippen LogP contribution in [0.2, 0.25) is 0 Å². The number of carbonyl (C=O) groups excluding carboxylic acids is 6. The Morgan fingerprint density at radius 2 is 0.727 bits per heavy atom. The molecule has 0 aliphatic heterocycles. The van der Waals surface area contributed by atoms with Crippen molar-refractivity contribution in [3.63, 3.8) is 0 Å². The monoisotopic (exact) mass is 1930 g/mol. The van der Waals surface area contributed by atoms with E-state index < -0.39 is 110 Å². The fourth-order valence-corrected chi connectivity index (χ4v) is 9.29. The third kappa shape index (κ3) is 47.8. The molecule has 128 heavy (non-hydrogen) atoms. The molecule has 13 N–H and O–H groups in total. The number of methoxy groups -OCH3 is 3. The average molecular weight is 1930 g/mol. The van der Waals surface area contributed by atoms with E-state index in [9.17, 15) is 78.6 Å². The van der Waals surface area contributed by atoms with Gasteiger partial charge in [-0.05, 0) is 202 Å². The van der Waals surface area contributed by atoms with Gasteiger partial charge in [0.2, 0.25) is 24.0 Å². The van der Waals surface area contributed by atoms with E-state index >= 15 is 0 Å². The third-order valence-electron chi connectivity index (χ3n) is 15.2. The predicted molar refractivity (Wildman–Crippen MR) is 475 cm³/mol. The van der Waals surface area contributed by atoms with Crippen LogP contribution < -0.4 is 106 Å². The summed E-state index contributed by atoms with van der Waals surface area (Å²) >= 11 is 2.15. The van der Waals surface area contributed by atoms with Gasteiger partial charge in [0.1, 0.15) is 70.2 Å². The maximum Gasteiger partial charge on any atom is 1.00 e. The van der Waals surface area contributed by atoms with Crippen LogP contribution in [0.1, 0.15) is 144 Å². The first-order valence-electron chi connectivity index (χ1n) is 37.3. The van der Waals surface area contributed by atoms with Gasteiger partial charge in [0.15, 0.2) is 23.3 Å². The van der Waals surface area contributed by atoms with Crippen LogP contribution in [0.25, 0.3) is 0 Å². The van der Waals surface area contributed by atoms with Crippen LogP contribution in [0.15, 0.2) is 171 Å². The number of ether oxygens (including phenoxy) is 6. The minimum atomic E-state index is -1.23. The molecule has 0 aliphatic rings. The maximum atomic E-state index is 12.5. The number of alkyl halides is 1. The molecular weight excluding hydrogens is 1810 g/mol. The number of carboxylic acids is 3. The van der Waals surface area contributed by atoms with Crippen molar-refractivity contribution in [2.24, 2.45) is 11.5 Å². The fourth-order valence-electron chi connectivity index (χ4n) is 9.29. The number of likely N-dealkylation sites (N-methyl/N-ethyl adjacent to an activating group) is 3. The number of nitrogens with zero attached hydrogens (tertiary/aromatic N) is 10. The van der Waals surface area contributed by atoms with Gasteiger partial charge in [-0.25, -0.2) is 34.1 Å². The van der Waals surface area contributed by atoms with Gasteiger partial charge in [0.05, 0.1) is 21.3 Å². The fraction of sp³-hybridized carbons (Fsp3) is 0.386. The molecule has 0 aliphatic carbocycles. The number of phenols is 1. The van der Waals surface area contributed by atoms with Crippen LogP contribution in [0.4, 0.5) is 26.0 Å². The SMILES string of the molecule is CC(C)(C)OC(=O)N[C@@H](C(=O)O)c1ccc(O)cc1.CI.CNC.COc1ccc([C@@H](N)C(=O)N(C)C)cc1.COc1ccc([C@@H](NC(=O)OC(C)(C)C)C(=O)N(C)C)cc1.COc1ccc([C@H](C(=O)N(C)C)n2cnc([N+](=O)[O-])c2)cc1.Cc1ccc([C@@H](N)C(=O)O)cc1.Cc1ccc([C@@H](NC(=O)OC(C)(C)C)C(=O)O)cc1.O=[N+]([O-])c1cn([N+](=O)[O-])cn1.[H-].[Na+].[Na+].[OH-]. The number of hydrogen-bond donors (Lipinski definition) is 10. The number of aromatic nitrogens is 4. The van der Waals surface area contributed by atoms with Crippen molar-refractivity contribution in [2.45, 2.75) is 129 Å². The number of carboxylic acid groups (broad SMARTS) is 3. The zero-order valence-electron chi connectivity index (χ0n) is 77.4.